The number of pyridine rings is 1. The minimum absolute atomic E-state index is 0.0111. The predicted molar refractivity (Wildman–Crippen MR) is 162 cm³/mol. The molecule has 0 radical (unpaired) electrons. The number of hydrogen-bond donors (Lipinski definition) is 1. The Hall–Kier alpha value is -3.84. The maximum atomic E-state index is 13.6. The number of nitrogens with zero attached hydrogens (tertiary/aromatic N) is 5. The van der Waals surface area contributed by atoms with Crippen molar-refractivity contribution in [3.8, 4) is 11.6 Å². The van der Waals surface area contributed by atoms with Gasteiger partial charge in [0.25, 0.3) is 0 Å². The molecule has 0 bridgehead atoms. The first-order chi connectivity index (χ1) is 21.1. The van der Waals surface area contributed by atoms with E-state index in [1.165, 1.54) is 11.0 Å². The van der Waals surface area contributed by atoms with Crippen LogP contribution in [0.5, 0.6) is 5.75 Å². The highest BCUT2D eigenvalue weighted by Gasteiger charge is 2.44. The first-order valence-corrected chi connectivity index (χ1v) is 14.9. The summed E-state index contributed by atoms with van der Waals surface area (Å²) in [6.07, 6.45) is -0.506. The van der Waals surface area contributed by atoms with E-state index in [-0.39, 0.29) is 41.0 Å². The van der Waals surface area contributed by atoms with Gasteiger partial charge >= 0.3 is 12.3 Å². The van der Waals surface area contributed by atoms with Crippen LogP contribution in [-0.4, -0.2) is 79.6 Å². The lowest BCUT2D eigenvalue weighted by molar-refractivity contribution is -0.141. The van der Waals surface area contributed by atoms with Gasteiger partial charge in [0.2, 0.25) is 5.91 Å². The van der Waals surface area contributed by atoms with Gasteiger partial charge in [-0.2, -0.15) is 18.3 Å². The van der Waals surface area contributed by atoms with E-state index in [9.17, 15) is 27.9 Å². The number of benzene rings is 1. The van der Waals surface area contributed by atoms with Crippen LogP contribution in [0.3, 0.4) is 0 Å². The van der Waals surface area contributed by atoms with Crippen LogP contribution in [-0.2, 0) is 22.3 Å². The Labute approximate surface area is 264 Å². The minimum Gasteiger partial charge on any atom is -0.488 e. The molecule has 0 unspecified atom stereocenters. The van der Waals surface area contributed by atoms with E-state index in [0.29, 0.717) is 17.5 Å². The summed E-state index contributed by atoms with van der Waals surface area (Å²) in [4.78, 5) is 34.2. The van der Waals surface area contributed by atoms with Crippen molar-refractivity contribution in [2.24, 2.45) is 0 Å². The smallest absolute Gasteiger partial charge is 0.435 e. The molecule has 2 aromatic heterocycles. The normalized spacial score (nSPS) is 17.0. The summed E-state index contributed by atoms with van der Waals surface area (Å²) in [5, 5.41) is 13.9. The maximum absolute atomic E-state index is 13.6. The Bertz CT molecular complexity index is 1550. The molecule has 1 saturated heterocycles. The van der Waals surface area contributed by atoms with Gasteiger partial charge in [-0.15, -0.1) is 6.58 Å². The summed E-state index contributed by atoms with van der Waals surface area (Å²) < 4.78 is 52.8. The fraction of sp³-hybridized carbons (Fsp3) is 0.484. The number of carbonyl (C=O) groups is 2. The Morgan fingerprint density at radius 1 is 1.22 bits per heavy atom. The topological polar surface area (TPSA) is 110 Å². The highest BCUT2D eigenvalue weighted by atomic mass is 35.5. The summed E-state index contributed by atoms with van der Waals surface area (Å²) in [5.74, 6) is -0.0815. The Morgan fingerprint density at radius 2 is 1.96 bits per heavy atom. The van der Waals surface area contributed by atoms with Crippen LogP contribution in [0.25, 0.3) is 16.7 Å². The van der Waals surface area contributed by atoms with Crippen LogP contribution in [0.15, 0.2) is 43.1 Å². The molecule has 14 heteroatoms. The minimum atomic E-state index is -4.67. The van der Waals surface area contributed by atoms with Gasteiger partial charge in [0.1, 0.15) is 23.5 Å². The van der Waals surface area contributed by atoms with Gasteiger partial charge in [0.05, 0.1) is 23.7 Å². The molecule has 10 nitrogen and oxygen atoms in total. The van der Waals surface area contributed by atoms with Crippen LogP contribution in [0.4, 0.5) is 18.0 Å². The first kappa shape index (κ1) is 34.0. The largest absolute Gasteiger partial charge is 0.488 e. The number of allylic oxidation sites excluding steroid dienone is 1. The standard InChI is InChI=1S/C31H37ClF3N5O5/c1-6-7-8-9-13-38(5)28(42)22-15-20(17-39(22)29(43)45-30(2,3)4)44-23-16-25(40-14-12-24(37-40)31(33,34)35)36-27-21(23)11-10-19(18-41)26(27)32/h6,10-12,14,16,20,22,41H,1,7-9,13,15,17-18H2,2-5H3/t20-,22-/m0/s1. The zero-order valence-corrected chi connectivity index (χ0v) is 26.4. The number of aliphatic hydroxyl groups excluding tert-OH is 1. The van der Waals surface area contributed by atoms with Gasteiger partial charge < -0.3 is 19.5 Å². The van der Waals surface area contributed by atoms with Crippen molar-refractivity contribution in [2.75, 3.05) is 20.1 Å². The number of aromatic nitrogens is 3. The molecule has 2 atom stereocenters. The summed E-state index contributed by atoms with van der Waals surface area (Å²) in [6.45, 7) is 9.01. The number of likely N-dealkylation sites (N-methyl/N-ethyl adjacent to an activating group) is 1. The zero-order valence-electron chi connectivity index (χ0n) is 25.6. The Morgan fingerprint density at radius 3 is 2.58 bits per heavy atom. The van der Waals surface area contributed by atoms with Crippen molar-refractivity contribution < 1.29 is 37.3 Å². The third-order valence-electron chi connectivity index (χ3n) is 7.23. The average molecular weight is 652 g/mol. The molecule has 4 rings (SSSR count). The number of fused-ring (bicyclic) bond motifs is 1. The van der Waals surface area contributed by atoms with Crippen LogP contribution >= 0.6 is 11.6 Å². The van der Waals surface area contributed by atoms with E-state index in [0.717, 1.165) is 36.2 Å². The SMILES string of the molecule is C=CCCCCN(C)C(=O)[C@@H]1C[C@H](Oc2cc(-n3ccc(C(F)(F)F)n3)nc3c(Cl)c(CO)ccc23)CN1C(=O)OC(C)(C)C. The van der Waals surface area contributed by atoms with E-state index in [1.807, 2.05) is 6.08 Å². The lowest BCUT2D eigenvalue weighted by Gasteiger charge is -2.30. The van der Waals surface area contributed by atoms with Gasteiger partial charge in [-0.05, 0) is 57.7 Å². The molecule has 244 valence electrons. The molecule has 0 saturated carbocycles. The number of halogens is 4. The molecule has 3 heterocycles. The number of hydrogen-bond acceptors (Lipinski definition) is 7. The highest BCUT2D eigenvalue weighted by Crippen LogP contribution is 2.36. The number of likely N-dealkylation sites (tertiary alicyclic amines) is 1. The average Bonchev–Trinajstić information content (AvgIpc) is 3.63. The molecule has 1 aliphatic heterocycles. The predicted octanol–water partition coefficient (Wildman–Crippen LogP) is 6.16. The molecule has 0 spiro atoms. The van der Waals surface area contributed by atoms with Crippen molar-refractivity contribution in [1.82, 2.24) is 24.6 Å². The van der Waals surface area contributed by atoms with E-state index in [1.54, 1.807) is 44.9 Å². The van der Waals surface area contributed by atoms with E-state index < -0.39 is 42.3 Å². The van der Waals surface area contributed by atoms with Gasteiger partial charge in [-0.3, -0.25) is 9.69 Å². The van der Waals surface area contributed by atoms with Gasteiger partial charge in [0, 0.05) is 37.7 Å². The monoisotopic (exact) mass is 651 g/mol. The molecule has 3 aromatic rings. The quantitative estimate of drug-likeness (QED) is 0.207. The fourth-order valence-corrected chi connectivity index (χ4v) is 5.28. The van der Waals surface area contributed by atoms with Crippen molar-refractivity contribution in [3.63, 3.8) is 0 Å². The van der Waals surface area contributed by atoms with Crippen molar-refractivity contribution in [3.05, 3.63) is 59.4 Å². The second-order valence-corrected chi connectivity index (χ2v) is 12.3. The zero-order chi connectivity index (χ0) is 33.1. The number of carbonyl (C=O) groups excluding carboxylic acids is 2. The van der Waals surface area contributed by atoms with E-state index in [2.05, 4.69) is 16.7 Å². The molecule has 45 heavy (non-hydrogen) atoms. The summed E-state index contributed by atoms with van der Waals surface area (Å²) in [6, 6.07) is 4.58. The number of ether oxygens (including phenoxy) is 2. The lowest BCUT2D eigenvalue weighted by atomic mass is 10.1. The summed E-state index contributed by atoms with van der Waals surface area (Å²) >= 11 is 6.54. The number of rotatable bonds is 10. The van der Waals surface area contributed by atoms with Crippen molar-refractivity contribution in [2.45, 2.75) is 77.0 Å². The number of unbranched alkanes of at least 4 members (excludes halogenated alkanes) is 2. The Kier molecular flexibility index (Phi) is 10.3. The molecular formula is C31H37ClF3N5O5. The molecule has 1 aliphatic rings. The molecule has 1 aromatic carbocycles. The van der Waals surface area contributed by atoms with E-state index in [4.69, 9.17) is 21.1 Å². The molecule has 0 aliphatic carbocycles. The first-order valence-electron chi connectivity index (χ1n) is 14.5. The van der Waals surface area contributed by atoms with Crippen molar-refractivity contribution in [1.29, 1.82) is 0 Å². The van der Waals surface area contributed by atoms with Crippen molar-refractivity contribution >= 4 is 34.5 Å². The summed E-state index contributed by atoms with van der Waals surface area (Å²) in [5.41, 5.74) is -1.39. The Balaban J connectivity index is 1.69. The van der Waals surface area contributed by atoms with Crippen LogP contribution in [0.2, 0.25) is 5.02 Å². The number of alkyl halides is 3. The molecular weight excluding hydrogens is 615 g/mol. The molecule has 1 fully saturated rings. The van der Waals surface area contributed by atoms with Gasteiger partial charge in [0.15, 0.2) is 11.5 Å². The molecule has 2 amide bonds. The molecule has 1 N–H and O–H groups in total. The third kappa shape index (κ3) is 8.06. The fourth-order valence-electron chi connectivity index (χ4n) is 5.02. The van der Waals surface area contributed by atoms with Crippen LogP contribution < -0.4 is 4.74 Å². The van der Waals surface area contributed by atoms with E-state index >= 15 is 0 Å². The second-order valence-electron chi connectivity index (χ2n) is 11.9. The summed E-state index contributed by atoms with van der Waals surface area (Å²) in [7, 11) is 1.68. The van der Waals surface area contributed by atoms with Gasteiger partial charge in [-0.25, -0.2) is 14.5 Å². The highest BCUT2D eigenvalue weighted by molar-refractivity contribution is 6.36. The van der Waals surface area contributed by atoms with Crippen LogP contribution in [0, 0.1) is 0 Å². The number of aliphatic hydroxyl groups is 1. The van der Waals surface area contributed by atoms with Gasteiger partial charge in [-0.1, -0.05) is 23.7 Å². The lowest BCUT2D eigenvalue weighted by Crippen LogP contribution is -2.48. The number of amides is 2. The van der Waals surface area contributed by atoms with Crippen LogP contribution in [0.1, 0.15) is 57.7 Å². The third-order valence-corrected chi connectivity index (χ3v) is 7.65. The maximum Gasteiger partial charge on any atom is 0.435 e. The second kappa shape index (κ2) is 13.7.